The highest BCUT2D eigenvalue weighted by Gasteiger charge is 2.22. The fourth-order valence-electron chi connectivity index (χ4n) is 2.45. The number of nitrogens with zero attached hydrogens (tertiary/aromatic N) is 1. The lowest BCUT2D eigenvalue weighted by Crippen LogP contribution is -2.46. The van der Waals surface area contributed by atoms with E-state index >= 15 is 0 Å². The van der Waals surface area contributed by atoms with Crippen molar-refractivity contribution in [3.63, 3.8) is 0 Å². The fourth-order valence-corrected chi connectivity index (χ4v) is 2.45. The SMILES string of the molecule is CC(=O)N1CCC(NC2CC=CC2)CC1. The smallest absolute Gasteiger partial charge is 0.219 e. The topological polar surface area (TPSA) is 32.3 Å². The first-order valence-electron chi connectivity index (χ1n) is 5.92. The molecule has 1 amide bonds. The van der Waals surface area contributed by atoms with Gasteiger partial charge in [0.1, 0.15) is 0 Å². The average Bonchev–Trinajstić information content (AvgIpc) is 2.71. The first kappa shape index (κ1) is 10.7. The second kappa shape index (κ2) is 4.79. The van der Waals surface area contributed by atoms with Crippen LogP contribution in [0.3, 0.4) is 0 Å². The summed E-state index contributed by atoms with van der Waals surface area (Å²) in [5, 5.41) is 3.68. The van der Waals surface area contributed by atoms with Gasteiger partial charge >= 0.3 is 0 Å². The van der Waals surface area contributed by atoms with Crippen LogP contribution in [0.25, 0.3) is 0 Å². The molecule has 2 rings (SSSR count). The minimum Gasteiger partial charge on any atom is -0.343 e. The third-order valence-corrected chi connectivity index (χ3v) is 3.42. The maximum atomic E-state index is 11.1. The van der Waals surface area contributed by atoms with Crippen LogP contribution in [-0.2, 0) is 4.79 Å². The Bertz CT molecular complexity index is 246. The number of rotatable bonds is 2. The molecule has 1 N–H and O–H groups in total. The molecule has 1 heterocycles. The number of carbonyl (C=O) groups excluding carboxylic acids is 1. The Morgan fingerprint density at radius 3 is 2.33 bits per heavy atom. The zero-order valence-corrected chi connectivity index (χ0v) is 9.41. The zero-order valence-electron chi connectivity index (χ0n) is 9.41. The number of carbonyl (C=O) groups is 1. The first-order valence-corrected chi connectivity index (χ1v) is 5.92. The minimum atomic E-state index is 0.219. The lowest BCUT2D eigenvalue weighted by molar-refractivity contribution is -0.129. The van der Waals surface area contributed by atoms with Gasteiger partial charge in [-0.1, -0.05) is 12.2 Å². The third-order valence-electron chi connectivity index (χ3n) is 3.42. The van der Waals surface area contributed by atoms with Crippen molar-refractivity contribution in [1.29, 1.82) is 0 Å². The molecule has 0 saturated carbocycles. The summed E-state index contributed by atoms with van der Waals surface area (Å²) in [6.07, 6.45) is 9.07. The zero-order chi connectivity index (χ0) is 10.7. The van der Waals surface area contributed by atoms with Gasteiger partial charge in [-0.2, -0.15) is 0 Å². The third kappa shape index (κ3) is 2.81. The van der Waals surface area contributed by atoms with Crippen molar-refractivity contribution < 1.29 is 4.79 Å². The average molecular weight is 208 g/mol. The van der Waals surface area contributed by atoms with Gasteiger partial charge in [-0.15, -0.1) is 0 Å². The molecule has 0 spiro atoms. The quantitative estimate of drug-likeness (QED) is 0.694. The Labute approximate surface area is 91.5 Å². The maximum Gasteiger partial charge on any atom is 0.219 e. The highest BCUT2D eigenvalue weighted by Crippen LogP contribution is 2.15. The molecular formula is C12H20N2O. The van der Waals surface area contributed by atoms with Crippen LogP contribution in [0.2, 0.25) is 0 Å². The summed E-state index contributed by atoms with van der Waals surface area (Å²) in [6, 6.07) is 1.27. The van der Waals surface area contributed by atoms with Gasteiger partial charge in [0.05, 0.1) is 0 Å². The van der Waals surface area contributed by atoms with E-state index in [1.165, 1.54) is 12.8 Å². The highest BCUT2D eigenvalue weighted by atomic mass is 16.2. The molecule has 3 heteroatoms. The van der Waals surface area contributed by atoms with E-state index in [1.807, 2.05) is 4.90 Å². The molecule has 0 unspecified atom stereocenters. The van der Waals surface area contributed by atoms with Crippen molar-refractivity contribution in [3.05, 3.63) is 12.2 Å². The van der Waals surface area contributed by atoms with Crippen LogP contribution in [0, 0.1) is 0 Å². The lowest BCUT2D eigenvalue weighted by Gasteiger charge is -2.33. The molecule has 0 radical (unpaired) electrons. The molecule has 0 aromatic rings. The summed E-state index contributed by atoms with van der Waals surface area (Å²) in [7, 11) is 0. The van der Waals surface area contributed by atoms with Crippen LogP contribution >= 0.6 is 0 Å². The van der Waals surface area contributed by atoms with E-state index < -0.39 is 0 Å². The lowest BCUT2D eigenvalue weighted by atomic mass is 10.0. The van der Waals surface area contributed by atoms with Gasteiger partial charge in [-0.3, -0.25) is 4.79 Å². The Balaban J connectivity index is 1.71. The first-order chi connectivity index (χ1) is 7.25. The van der Waals surface area contributed by atoms with E-state index in [9.17, 15) is 4.79 Å². The van der Waals surface area contributed by atoms with Gasteiger partial charge in [-0.05, 0) is 25.7 Å². The number of hydrogen-bond acceptors (Lipinski definition) is 2. The largest absolute Gasteiger partial charge is 0.343 e. The molecule has 2 aliphatic rings. The number of hydrogen-bond donors (Lipinski definition) is 1. The van der Waals surface area contributed by atoms with E-state index in [1.54, 1.807) is 6.92 Å². The van der Waals surface area contributed by atoms with E-state index in [0.29, 0.717) is 12.1 Å². The Kier molecular flexibility index (Phi) is 3.41. The molecule has 0 atom stereocenters. The molecule has 1 aliphatic carbocycles. The van der Waals surface area contributed by atoms with Crippen molar-refractivity contribution in [2.75, 3.05) is 13.1 Å². The summed E-state index contributed by atoms with van der Waals surface area (Å²) in [4.78, 5) is 13.1. The predicted octanol–water partition coefficient (Wildman–Crippen LogP) is 1.31. The van der Waals surface area contributed by atoms with Crippen molar-refractivity contribution >= 4 is 5.91 Å². The van der Waals surface area contributed by atoms with E-state index in [4.69, 9.17) is 0 Å². The number of piperidine rings is 1. The summed E-state index contributed by atoms with van der Waals surface area (Å²) in [6.45, 7) is 3.51. The molecule has 1 fully saturated rings. The summed E-state index contributed by atoms with van der Waals surface area (Å²) >= 11 is 0. The molecular weight excluding hydrogens is 188 g/mol. The van der Waals surface area contributed by atoms with Crippen LogP contribution in [-0.4, -0.2) is 36.0 Å². The molecule has 84 valence electrons. The fraction of sp³-hybridized carbons (Fsp3) is 0.750. The van der Waals surface area contributed by atoms with Crippen LogP contribution in [0.1, 0.15) is 32.6 Å². The van der Waals surface area contributed by atoms with E-state index in [2.05, 4.69) is 17.5 Å². The highest BCUT2D eigenvalue weighted by molar-refractivity contribution is 5.73. The van der Waals surface area contributed by atoms with E-state index in [0.717, 1.165) is 25.9 Å². The molecule has 0 bridgehead atoms. The van der Waals surface area contributed by atoms with E-state index in [-0.39, 0.29) is 5.91 Å². The maximum absolute atomic E-state index is 11.1. The molecule has 1 aliphatic heterocycles. The van der Waals surface area contributed by atoms with Crippen molar-refractivity contribution in [3.8, 4) is 0 Å². The van der Waals surface area contributed by atoms with Crippen molar-refractivity contribution in [2.24, 2.45) is 0 Å². The van der Waals surface area contributed by atoms with Crippen molar-refractivity contribution in [1.82, 2.24) is 10.2 Å². The van der Waals surface area contributed by atoms with Crippen LogP contribution < -0.4 is 5.32 Å². The van der Waals surface area contributed by atoms with Gasteiger partial charge < -0.3 is 10.2 Å². The molecule has 3 nitrogen and oxygen atoms in total. The normalized spacial score (nSPS) is 23.7. The van der Waals surface area contributed by atoms with Gasteiger partial charge in [0.25, 0.3) is 0 Å². The number of likely N-dealkylation sites (tertiary alicyclic amines) is 1. The van der Waals surface area contributed by atoms with Gasteiger partial charge in [0, 0.05) is 32.1 Å². The number of amides is 1. The standard InChI is InChI=1S/C12H20N2O/c1-10(15)14-8-6-12(7-9-14)13-11-4-2-3-5-11/h2-3,11-13H,4-9H2,1H3. The second-order valence-corrected chi connectivity index (χ2v) is 4.59. The molecule has 0 aromatic heterocycles. The van der Waals surface area contributed by atoms with Crippen LogP contribution in [0.4, 0.5) is 0 Å². The monoisotopic (exact) mass is 208 g/mol. The summed E-state index contributed by atoms with van der Waals surface area (Å²) in [5.41, 5.74) is 0. The Morgan fingerprint density at radius 1 is 1.20 bits per heavy atom. The number of nitrogens with one attached hydrogen (secondary N) is 1. The minimum absolute atomic E-state index is 0.219. The van der Waals surface area contributed by atoms with Crippen LogP contribution in [0.5, 0.6) is 0 Å². The van der Waals surface area contributed by atoms with Crippen molar-refractivity contribution in [2.45, 2.75) is 44.7 Å². The van der Waals surface area contributed by atoms with Crippen LogP contribution in [0.15, 0.2) is 12.2 Å². The predicted molar refractivity (Wildman–Crippen MR) is 60.6 cm³/mol. The van der Waals surface area contributed by atoms with Gasteiger partial charge in [-0.25, -0.2) is 0 Å². The molecule has 15 heavy (non-hydrogen) atoms. The second-order valence-electron chi connectivity index (χ2n) is 4.59. The van der Waals surface area contributed by atoms with Gasteiger partial charge in [0.15, 0.2) is 0 Å². The molecule has 1 saturated heterocycles. The summed E-state index contributed by atoms with van der Waals surface area (Å²) in [5.74, 6) is 0.219. The Morgan fingerprint density at radius 2 is 1.80 bits per heavy atom. The molecule has 0 aromatic carbocycles. The van der Waals surface area contributed by atoms with Gasteiger partial charge in [0.2, 0.25) is 5.91 Å². The summed E-state index contributed by atoms with van der Waals surface area (Å²) < 4.78 is 0. The Hall–Kier alpha value is -0.830.